The van der Waals surface area contributed by atoms with Crippen LogP contribution >= 0.6 is 0 Å². The maximum atomic E-state index is 12.9. The minimum absolute atomic E-state index is 0.107. The number of hydrogen-bond acceptors (Lipinski definition) is 3. The van der Waals surface area contributed by atoms with Crippen molar-refractivity contribution in [3.63, 3.8) is 0 Å². The highest BCUT2D eigenvalue weighted by Gasteiger charge is 2.17. The zero-order valence-corrected chi connectivity index (χ0v) is 11.5. The molecule has 0 atom stereocenters. The molecule has 2 aromatic carbocycles. The van der Waals surface area contributed by atoms with Crippen molar-refractivity contribution in [2.45, 2.75) is 0 Å². The molecule has 0 saturated heterocycles. The Morgan fingerprint density at radius 2 is 1.68 bits per heavy atom. The van der Waals surface area contributed by atoms with E-state index in [-0.39, 0.29) is 5.88 Å². The van der Waals surface area contributed by atoms with Gasteiger partial charge in [-0.2, -0.15) is 0 Å². The number of fused-ring (bicyclic) bond motifs is 6. The second-order valence-electron chi connectivity index (χ2n) is 5.23. The molecule has 0 spiro atoms. The maximum Gasteiger partial charge on any atom is 0.300 e. The molecule has 5 aromatic rings. The maximum absolute atomic E-state index is 12.9. The van der Waals surface area contributed by atoms with Gasteiger partial charge in [0.2, 0.25) is 11.0 Å². The van der Waals surface area contributed by atoms with Crippen LogP contribution < -0.4 is 9.62 Å². The lowest BCUT2D eigenvalue weighted by Crippen LogP contribution is -2.30. The summed E-state index contributed by atoms with van der Waals surface area (Å²) in [5.41, 5.74) is 2.99. The lowest BCUT2D eigenvalue weighted by atomic mass is 10.2. The molecule has 5 heteroatoms. The predicted octanol–water partition coefficient (Wildman–Crippen LogP) is 1.85. The first-order valence-corrected chi connectivity index (χ1v) is 7.01. The van der Waals surface area contributed by atoms with E-state index in [1.54, 1.807) is 8.92 Å². The molecular formula is C17H10N4O. The van der Waals surface area contributed by atoms with Crippen LogP contribution in [-0.2, 0) is 0 Å². The summed E-state index contributed by atoms with van der Waals surface area (Å²) in [6.45, 7) is 0. The lowest BCUT2D eigenvalue weighted by molar-refractivity contribution is -0.554. The van der Waals surface area contributed by atoms with Gasteiger partial charge >= 0.3 is 0 Å². The molecule has 3 heterocycles. The van der Waals surface area contributed by atoms with E-state index >= 15 is 0 Å². The van der Waals surface area contributed by atoms with E-state index in [4.69, 9.17) is 0 Å². The molecule has 0 fully saturated rings. The number of benzene rings is 2. The van der Waals surface area contributed by atoms with Crippen molar-refractivity contribution in [2.24, 2.45) is 0 Å². The average molecular weight is 286 g/mol. The third-order valence-corrected chi connectivity index (χ3v) is 3.97. The second kappa shape index (κ2) is 3.92. The van der Waals surface area contributed by atoms with Crippen LogP contribution in [0.25, 0.3) is 33.2 Å². The Bertz CT molecular complexity index is 1190. The van der Waals surface area contributed by atoms with Crippen molar-refractivity contribution in [1.82, 2.24) is 14.5 Å². The molecule has 22 heavy (non-hydrogen) atoms. The van der Waals surface area contributed by atoms with E-state index < -0.39 is 0 Å². The van der Waals surface area contributed by atoms with Crippen LogP contribution in [0.2, 0.25) is 0 Å². The first kappa shape index (κ1) is 11.4. The van der Waals surface area contributed by atoms with Gasteiger partial charge in [-0.1, -0.05) is 24.3 Å². The SMILES string of the molecule is [O-]c1c2ccc3ccccc3[n+]2nc2nc3ccccc3n12. The fraction of sp³-hybridized carbons (Fsp3) is 0. The number of imidazole rings is 1. The summed E-state index contributed by atoms with van der Waals surface area (Å²) in [5, 5.41) is 18.5. The summed E-state index contributed by atoms with van der Waals surface area (Å²) in [4.78, 5) is 4.46. The van der Waals surface area contributed by atoms with Gasteiger partial charge in [0, 0.05) is 28.5 Å². The van der Waals surface area contributed by atoms with Crippen molar-refractivity contribution in [2.75, 3.05) is 0 Å². The quantitative estimate of drug-likeness (QED) is 0.322. The monoisotopic (exact) mass is 286 g/mol. The molecule has 104 valence electrons. The van der Waals surface area contributed by atoms with Crippen LogP contribution in [0.5, 0.6) is 5.88 Å². The molecule has 0 aliphatic rings. The Morgan fingerprint density at radius 3 is 2.64 bits per heavy atom. The van der Waals surface area contributed by atoms with Gasteiger partial charge < -0.3 is 5.11 Å². The zero-order chi connectivity index (χ0) is 14.7. The Balaban J connectivity index is 2.09. The van der Waals surface area contributed by atoms with Crippen molar-refractivity contribution in [3.05, 3.63) is 60.7 Å². The Hall–Kier alpha value is -3.21. The van der Waals surface area contributed by atoms with Crippen LogP contribution in [-0.4, -0.2) is 14.5 Å². The highest BCUT2D eigenvalue weighted by molar-refractivity contribution is 5.82. The minimum atomic E-state index is -0.107. The van der Waals surface area contributed by atoms with E-state index in [0.29, 0.717) is 11.3 Å². The lowest BCUT2D eigenvalue weighted by Gasteiger charge is -2.08. The van der Waals surface area contributed by atoms with Gasteiger partial charge in [-0.05, 0) is 28.8 Å². The number of pyridine rings is 1. The number of nitrogens with zero attached hydrogens (tertiary/aromatic N) is 4. The van der Waals surface area contributed by atoms with Gasteiger partial charge in [0.05, 0.1) is 11.0 Å². The molecule has 0 aliphatic heterocycles. The summed E-state index contributed by atoms with van der Waals surface area (Å²) < 4.78 is 3.25. The van der Waals surface area contributed by atoms with Crippen LogP contribution in [0.4, 0.5) is 0 Å². The van der Waals surface area contributed by atoms with Gasteiger partial charge in [0.25, 0.3) is 5.78 Å². The molecule has 5 rings (SSSR count). The van der Waals surface area contributed by atoms with Gasteiger partial charge in [-0.25, -0.2) is 4.98 Å². The molecule has 0 unspecified atom stereocenters. The van der Waals surface area contributed by atoms with Crippen molar-refractivity contribution in [3.8, 4) is 5.88 Å². The molecule has 5 nitrogen and oxygen atoms in total. The summed E-state index contributed by atoms with van der Waals surface area (Å²) in [5.74, 6) is 0.310. The summed E-state index contributed by atoms with van der Waals surface area (Å²) in [6.07, 6.45) is 0. The molecule has 0 amide bonds. The summed E-state index contributed by atoms with van der Waals surface area (Å²) in [6, 6.07) is 19.2. The molecule has 0 radical (unpaired) electrons. The average Bonchev–Trinajstić information content (AvgIpc) is 2.93. The second-order valence-corrected chi connectivity index (χ2v) is 5.23. The molecule has 0 bridgehead atoms. The minimum Gasteiger partial charge on any atom is -0.855 e. The number of para-hydroxylation sites is 3. The molecular weight excluding hydrogens is 276 g/mol. The van der Waals surface area contributed by atoms with E-state index in [1.807, 2.05) is 60.7 Å². The highest BCUT2D eigenvalue weighted by Crippen LogP contribution is 2.22. The van der Waals surface area contributed by atoms with Crippen LogP contribution in [0.3, 0.4) is 0 Å². The highest BCUT2D eigenvalue weighted by atomic mass is 16.3. The Kier molecular flexibility index (Phi) is 2.04. The van der Waals surface area contributed by atoms with Gasteiger partial charge in [-0.15, -0.1) is 0 Å². The topological polar surface area (TPSA) is 57.3 Å². The molecule has 0 saturated carbocycles. The van der Waals surface area contributed by atoms with Crippen molar-refractivity contribution >= 4 is 33.2 Å². The number of aromatic nitrogens is 4. The fourth-order valence-corrected chi connectivity index (χ4v) is 2.94. The van der Waals surface area contributed by atoms with E-state index in [9.17, 15) is 5.11 Å². The largest absolute Gasteiger partial charge is 0.855 e. The van der Waals surface area contributed by atoms with Crippen LogP contribution in [0, 0.1) is 0 Å². The van der Waals surface area contributed by atoms with Crippen LogP contribution in [0.1, 0.15) is 0 Å². The fourth-order valence-electron chi connectivity index (χ4n) is 2.94. The Morgan fingerprint density at radius 1 is 0.864 bits per heavy atom. The first-order chi connectivity index (χ1) is 10.8. The van der Waals surface area contributed by atoms with E-state index in [0.717, 1.165) is 21.9 Å². The number of hydrogen-bond donors (Lipinski definition) is 0. The summed E-state index contributed by atoms with van der Waals surface area (Å²) >= 11 is 0. The van der Waals surface area contributed by atoms with Gasteiger partial charge in [0.15, 0.2) is 0 Å². The smallest absolute Gasteiger partial charge is 0.300 e. The van der Waals surface area contributed by atoms with E-state index in [2.05, 4.69) is 10.1 Å². The van der Waals surface area contributed by atoms with Gasteiger partial charge in [-0.3, -0.25) is 4.40 Å². The standard InChI is InChI=1S/C17H10N4O/c22-16-15-10-9-11-5-1-3-7-13(11)21(15)19-17-18-12-6-2-4-8-14(12)20(16)17/h1-10H. The first-order valence-electron chi connectivity index (χ1n) is 7.01. The number of rotatable bonds is 0. The third-order valence-electron chi connectivity index (χ3n) is 3.97. The zero-order valence-electron chi connectivity index (χ0n) is 11.5. The Labute approximate surface area is 124 Å². The molecule has 3 aromatic heterocycles. The van der Waals surface area contributed by atoms with Gasteiger partial charge in [0.1, 0.15) is 0 Å². The molecule has 0 aliphatic carbocycles. The third kappa shape index (κ3) is 1.34. The normalized spacial score (nSPS) is 11.8. The molecule has 0 N–H and O–H groups in total. The van der Waals surface area contributed by atoms with Crippen molar-refractivity contribution in [1.29, 1.82) is 0 Å². The predicted molar refractivity (Wildman–Crippen MR) is 80.6 cm³/mol. The van der Waals surface area contributed by atoms with Crippen molar-refractivity contribution < 1.29 is 9.62 Å². The summed E-state index contributed by atoms with van der Waals surface area (Å²) in [7, 11) is 0. The van der Waals surface area contributed by atoms with Crippen LogP contribution in [0.15, 0.2) is 60.7 Å². The van der Waals surface area contributed by atoms with E-state index in [1.165, 1.54) is 0 Å².